The molecule has 0 N–H and O–H groups in total. The minimum atomic E-state index is 0.267. The third-order valence-electron chi connectivity index (χ3n) is 3.53. The average molecular weight is 176 g/mol. The van der Waals surface area contributed by atoms with Gasteiger partial charge in [-0.1, -0.05) is 25.2 Å². The lowest BCUT2D eigenvalue weighted by Crippen LogP contribution is -2.30. The molecule has 1 heteroatoms. The minimum Gasteiger partial charge on any atom is -0.298 e. The summed E-state index contributed by atoms with van der Waals surface area (Å²) in [5.74, 6) is 0.765. The van der Waals surface area contributed by atoms with E-state index in [4.69, 9.17) is 0 Å². The Balaban J connectivity index is 2.29. The summed E-state index contributed by atoms with van der Waals surface area (Å²) in [7, 11) is 0. The highest BCUT2D eigenvalue weighted by Gasteiger charge is 2.35. The first-order valence-electron chi connectivity index (χ1n) is 5.06. The smallest absolute Gasteiger partial charge is 0.145 e. The molecule has 0 aromatic carbocycles. The van der Waals surface area contributed by atoms with Crippen LogP contribution < -0.4 is 0 Å². The number of carbonyl (C=O) groups is 1. The summed E-state index contributed by atoms with van der Waals surface area (Å²) < 4.78 is 0. The summed E-state index contributed by atoms with van der Waals surface area (Å²) in [6, 6.07) is 0. The molecular weight excluding hydrogens is 160 g/mol. The number of aldehydes is 1. The fourth-order valence-electron chi connectivity index (χ4n) is 2.59. The van der Waals surface area contributed by atoms with Gasteiger partial charge < -0.3 is 0 Å². The number of hydrogen-bond acceptors (Lipinski definition) is 1. The Morgan fingerprint density at radius 2 is 2.38 bits per heavy atom. The van der Waals surface area contributed by atoms with E-state index >= 15 is 0 Å². The van der Waals surface area contributed by atoms with Gasteiger partial charge in [0.05, 0.1) is 0 Å². The van der Waals surface area contributed by atoms with Gasteiger partial charge in [0.1, 0.15) is 6.29 Å². The molecule has 2 aliphatic carbocycles. The maximum absolute atomic E-state index is 10.7. The highest BCUT2D eigenvalue weighted by atomic mass is 16.1. The number of carbonyl (C=O) groups excluding carboxylic acids is 1. The molecule has 13 heavy (non-hydrogen) atoms. The fraction of sp³-hybridized carbons (Fsp3) is 0.583. The van der Waals surface area contributed by atoms with Crippen molar-refractivity contribution in [3.05, 3.63) is 23.8 Å². The fourth-order valence-corrected chi connectivity index (χ4v) is 2.59. The predicted octanol–water partition coefficient (Wildman–Crippen LogP) is 2.88. The molecule has 0 saturated heterocycles. The molecule has 0 radical (unpaired) electrons. The molecule has 0 aromatic heterocycles. The van der Waals surface area contributed by atoms with E-state index in [1.807, 2.05) is 0 Å². The minimum absolute atomic E-state index is 0.267. The van der Waals surface area contributed by atoms with Crippen molar-refractivity contribution in [1.82, 2.24) is 0 Å². The molecule has 2 rings (SSSR count). The van der Waals surface area contributed by atoms with Crippen LogP contribution in [0, 0.1) is 11.3 Å². The van der Waals surface area contributed by atoms with Crippen LogP contribution in [0.25, 0.3) is 0 Å². The SMILES string of the molecule is CC12C=C(C=O)CCC1CC=CC2. The molecule has 0 bridgehead atoms. The summed E-state index contributed by atoms with van der Waals surface area (Å²) in [6.45, 7) is 2.28. The second-order valence-corrected chi connectivity index (χ2v) is 4.49. The summed E-state index contributed by atoms with van der Waals surface area (Å²) in [4.78, 5) is 10.7. The molecule has 0 amide bonds. The zero-order chi connectivity index (χ0) is 9.31. The van der Waals surface area contributed by atoms with Gasteiger partial charge in [0.15, 0.2) is 0 Å². The molecule has 2 aliphatic rings. The average Bonchev–Trinajstić information content (AvgIpc) is 2.16. The van der Waals surface area contributed by atoms with E-state index in [1.165, 1.54) is 12.8 Å². The number of hydrogen-bond donors (Lipinski definition) is 0. The first-order chi connectivity index (χ1) is 6.24. The highest BCUT2D eigenvalue weighted by Crippen LogP contribution is 2.45. The third-order valence-corrected chi connectivity index (χ3v) is 3.53. The lowest BCUT2D eigenvalue weighted by atomic mass is 9.64. The van der Waals surface area contributed by atoms with E-state index in [2.05, 4.69) is 25.2 Å². The Kier molecular flexibility index (Phi) is 2.10. The Bertz CT molecular complexity index is 275. The second-order valence-electron chi connectivity index (χ2n) is 4.49. The summed E-state index contributed by atoms with van der Waals surface area (Å²) in [5.41, 5.74) is 1.28. The van der Waals surface area contributed by atoms with Crippen LogP contribution in [0.5, 0.6) is 0 Å². The van der Waals surface area contributed by atoms with Crippen molar-refractivity contribution in [1.29, 1.82) is 0 Å². The molecule has 2 atom stereocenters. The van der Waals surface area contributed by atoms with E-state index in [0.29, 0.717) is 0 Å². The molecule has 1 nitrogen and oxygen atoms in total. The van der Waals surface area contributed by atoms with Gasteiger partial charge in [-0.15, -0.1) is 0 Å². The maximum atomic E-state index is 10.7. The van der Waals surface area contributed by atoms with Crippen LogP contribution in [0.1, 0.15) is 32.6 Å². The van der Waals surface area contributed by atoms with Crippen molar-refractivity contribution in [3.63, 3.8) is 0 Å². The lowest BCUT2D eigenvalue weighted by Gasteiger charge is -2.40. The molecule has 70 valence electrons. The zero-order valence-corrected chi connectivity index (χ0v) is 8.12. The molecular formula is C12H16O. The summed E-state index contributed by atoms with van der Waals surface area (Å²) in [6.07, 6.45) is 12.2. The molecule has 0 aromatic rings. The Labute approximate surface area is 79.5 Å². The number of rotatable bonds is 1. The number of fused-ring (bicyclic) bond motifs is 1. The quantitative estimate of drug-likeness (QED) is 0.443. The van der Waals surface area contributed by atoms with Crippen molar-refractivity contribution >= 4 is 6.29 Å². The van der Waals surface area contributed by atoms with Gasteiger partial charge in [0.25, 0.3) is 0 Å². The van der Waals surface area contributed by atoms with Gasteiger partial charge in [0, 0.05) is 0 Å². The van der Waals surface area contributed by atoms with Crippen molar-refractivity contribution < 1.29 is 4.79 Å². The van der Waals surface area contributed by atoms with Crippen molar-refractivity contribution in [2.45, 2.75) is 32.6 Å². The maximum Gasteiger partial charge on any atom is 0.145 e. The Morgan fingerprint density at radius 3 is 3.15 bits per heavy atom. The number of allylic oxidation sites excluding steroid dienone is 4. The van der Waals surface area contributed by atoms with Crippen LogP contribution in [0.15, 0.2) is 23.8 Å². The van der Waals surface area contributed by atoms with Crippen LogP contribution in [-0.2, 0) is 4.79 Å². The Morgan fingerprint density at radius 1 is 1.54 bits per heavy atom. The third kappa shape index (κ3) is 1.48. The standard InChI is InChI=1S/C12H16O/c1-12-7-3-2-4-11(12)6-5-10(8-12)9-13/h2-3,8-9,11H,4-7H2,1H3. The first-order valence-corrected chi connectivity index (χ1v) is 5.06. The zero-order valence-electron chi connectivity index (χ0n) is 8.12. The van der Waals surface area contributed by atoms with Crippen LogP contribution in [0.4, 0.5) is 0 Å². The lowest BCUT2D eigenvalue weighted by molar-refractivity contribution is -0.105. The van der Waals surface area contributed by atoms with Crippen LogP contribution in [0.2, 0.25) is 0 Å². The second kappa shape index (κ2) is 3.13. The van der Waals surface area contributed by atoms with Gasteiger partial charge in [-0.2, -0.15) is 0 Å². The van der Waals surface area contributed by atoms with E-state index in [-0.39, 0.29) is 5.41 Å². The Hall–Kier alpha value is -0.850. The molecule has 0 spiro atoms. The van der Waals surface area contributed by atoms with Gasteiger partial charge in [0.2, 0.25) is 0 Å². The van der Waals surface area contributed by atoms with Crippen LogP contribution >= 0.6 is 0 Å². The summed E-state index contributed by atoms with van der Waals surface area (Å²) in [5, 5.41) is 0. The largest absolute Gasteiger partial charge is 0.298 e. The monoisotopic (exact) mass is 176 g/mol. The first kappa shape index (κ1) is 8.74. The predicted molar refractivity (Wildman–Crippen MR) is 53.4 cm³/mol. The molecule has 2 unspecified atom stereocenters. The van der Waals surface area contributed by atoms with Crippen LogP contribution in [0.3, 0.4) is 0 Å². The molecule has 0 fully saturated rings. The normalized spacial score (nSPS) is 37.9. The topological polar surface area (TPSA) is 17.1 Å². The van der Waals surface area contributed by atoms with E-state index < -0.39 is 0 Å². The van der Waals surface area contributed by atoms with Crippen molar-refractivity contribution in [2.75, 3.05) is 0 Å². The molecule has 0 aliphatic heterocycles. The van der Waals surface area contributed by atoms with E-state index in [0.717, 1.165) is 30.6 Å². The molecule has 0 heterocycles. The van der Waals surface area contributed by atoms with Gasteiger partial charge in [-0.05, 0) is 42.6 Å². The van der Waals surface area contributed by atoms with E-state index in [1.54, 1.807) is 0 Å². The van der Waals surface area contributed by atoms with Gasteiger partial charge >= 0.3 is 0 Å². The van der Waals surface area contributed by atoms with Crippen molar-refractivity contribution in [3.8, 4) is 0 Å². The van der Waals surface area contributed by atoms with Gasteiger partial charge in [-0.25, -0.2) is 0 Å². The van der Waals surface area contributed by atoms with E-state index in [9.17, 15) is 4.79 Å². The van der Waals surface area contributed by atoms with Crippen molar-refractivity contribution in [2.24, 2.45) is 11.3 Å². The van der Waals surface area contributed by atoms with Gasteiger partial charge in [-0.3, -0.25) is 4.79 Å². The molecule has 0 saturated carbocycles. The van der Waals surface area contributed by atoms with Crippen LogP contribution in [-0.4, -0.2) is 6.29 Å². The summed E-state index contributed by atoms with van der Waals surface area (Å²) >= 11 is 0. The highest BCUT2D eigenvalue weighted by molar-refractivity contribution is 5.73.